The predicted octanol–water partition coefficient (Wildman–Crippen LogP) is 6.75. The van der Waals surface area contributed by atoms with E-state index >= 15 is 0 Å². The summed E-state index contributed by atoms with van der Waals surface area (Å²) in [6.45, 7) is -0.700. The van der Waals surface area contributed by atoms with Gasteiger partial charge in [0, 0.05) is 25.9 Å². The van der Waals surface area contributed by atoms with Crippen LogP contribution < -0.4 is 4.57 Å². The Kier molecular flexibility index (Phi) is 3.47. The second-order valence-corrected chi connectivity index (χ2v) is 7.54. The number of rotatable bonds is 3. The average Bonchev–Trinajstić information content (AvgIpc) is 2.79. The molecule has 1 nitrogen and oxygen atoms in total. The third-order valence-electron chi connectivity index (χ3n) is 5.36. The molecular formula is C28H28N+. The van der Waals surface area contributed by atoms with Gasteiger partial charge in [0.2, 0.25) is 5.69 Å². The van der Waals surface area contributed by atoms with E-state index in [-0.39, 0.29) is 0 Å². The fourth-order valence-corrected chi connectivity index (χ4v) is 3.76. The Morgan fingerprint density at radius 3 is 2.17 bits per heavy atom. The zero-order chi connectivity index (χ0) is 25.5. The molecule has 0 atom stereocenters. The van der Waals surface area contributed by atoms with Crippen LogP contribution in [0.1, 0.15) is 30.5 Å². The summed E-state index contributed by atoms with van der Waals surface area (Å²) >= 11 is 0. The quantitative estimate of drug-likeness (QED) is 0.344. The minimum Gasteiger partial charge on any atom is -0.201 e. The summed E-state index contributed by atoms with van der Waals surface area (Å²) in [6.07, 6.45) is 1.91. The minimum atomic E-state index is -2.25. The number of pyridine rings is 1. The standard InChI is InChI=1S/C28H28N/c1-19-11-12-25(20(2)15-19)24-13-14-29(5)28(17-24)27-18-26(21(3)16-22(27)4)23-9-7-6-8-10-23/h6-18H,1-5H3/q+1/i2D3,3D3. The highest BCUT2D eigenvalue weighted by Crippen LogP contribution is 2.33. The zero-order valence-corrected chi connectivity index (χ0v) is 17.0. The Morgan fingerprint density at radius 2 is 1.41 bits per heavy atom. The first-order valence-corrected chi connectivity index (χ1v) is 9.68. The number of hydrogen-bond acceptors (Lipinski definition) is 0. The molecule has 0 fully saturated rings. The van der Waals surface area contributed by atoms with E-state index in [0.29, 0.717) is 22.3 Å². The Morgan fingerprint density at radius 1 is 0.655 bits per heavy atom. The Hall–Kier alpha value is -3.19. The van der Waals surface area contributed by atoms with Gasteiger partial charge < -0.3 is 0 Å². The molecule has 0 saturated carbocycles. The molecule has 0 aliphatic heterocycles. The van der Waals surface area contributed by atoms with Gasteiger partial charge in [-0.3, -0.25) is 0 Å². The Bertz CT molecular complexity index is 1390. The van der Waals surface area contributed by atoms with Gasteiger partial charge in [0.25, 0.3) is 0 Å². The molecule has 0 unspecified atom stereocenters. The normalized spacial score (nSPS) is 14.9. The van der Waals surface area contributed by atoms with Gasteiger partial charge in [-0.25, -0.2) is 4.57 Å². The van der Waals surface area contributed by atoms with Crippen molar-refractivity contribution in [1.29, 1.82) is 0 Å². The van der Waals surface area contributed by atoms with Crippen LogP contribution >= 0.6 is 0 Å². The van der Waals surface area contributed by atoms with Crippen LogP contribution in [0.5, 0.6) is 0 Å². The lowest BCUT2D eigenvalue weighted by molar-refractivity contribution is -0.660. The van der Waals surface area contributed by atoms with E-state index in [4.69, 9.17) is 8.22 Å². The molecule has 0 aliphatic carbocycles. The van der Waals surface area contributed by atoms with Crippen molar-refractivity contribution in [3.63, 3.8) is 0 Å². The Labute approximate surface area is 182 Å². The number of aromatic nitrogens is 1. The molecule has 0 bridgehead atoms. The second-order valence-electron chi connectivity index (χ2n) is 7.54. The van der Waals surface area contributed by atoms with Crippen molar-refractivity contribution in [2.75, 3.05) is 0 Å². The van der Waals surface area contributed by atoms with Gasteiger partial charge in [-0.05, 0) is 72.6 Å². The van der Waals surface area contributed by atoms with Crippen LogP contribution in [0.4, 0.5) is 0 Å². The molecule has 1 heteroatoms. The van der Waals surface area contributed by atoms with Gasteiger partial charge in [0.05, 0.1) is 0 Å². The van der Waals surface area contributed by atoms with Crippen molar-refractivity contribution in [1.82, 2.24) is 0 Å². The van der Waals surface area contributed by atoms with E-state index in [1.165, 1.54) is 0 Å². The van der Waals surface area contributed by atoms with Gasteiger partial charge in [-0.2, -0.15) is 0 Å². The van der Waals surface area contributed by atoms with E-state index in [2.05, 4.69) is 0 Å². The number of benzene rings is 3. The van der Waals surface area contributed by atoms with Crippen LogP contribution in [-0.2, 0) is 7.05 Å². The van der Waals surface area contributed by atoms with Gasteiger partial charge in [-0.1, -0.05) is 60.2 Å². The lowest BCUT2D eigenvalue weighted by atomic mass is 9.92. The first-order valence-electron chi connectivity index (χ1n) is 12.7. The molecule has 0 aliphatic rings. The SMILES string of the molecule is [2H]C([2H])([2H])c1cc(C)ccc1-c1cc[n+](C)c(-c2cc(-c3ccccc3)c(C([2H])([2H])[2H])cc2C)c1. The molecule has 144 valence electrons. The fourth-order valence-electron chi connectivity index (χ4n) is 3.76. The van der Waals surface area contributed by atoms with Crippen molar-refractivity contribution < 1.29 is 12.8 Å². The van der Waals surface area contributed by atoms with E-state index < -0.39 is 13.7 Å². The zero-order valence-electron chi connectivity index (χ0n) is 23.0. The highest BCUT2D eigenvalue weighted by molar-refractivity contribution is 5.78. The highest BCUT2D eigenvalue weighted by atomic mass is 14.9. The van der Waals surface area contributed by atoms with Crippen molar-refractivity contribution in [3.8, 4) is 33.5 Å². The molecule has 3 aromatic carbocycles. The largest absolute Gasteiger partial charge is 0.213 e. The third-order valence-corrected chi connectivity index (χ3v) is 5.36. The van der Waals surface area contributed by atoms with E-state index in [1.54, 1.807) is 12.1 Å². The number of aryl methyl sites for hydroxylation is 5. The van der Waals surface area contributed by atoms with Crippen molar-refractivity contribution >= 4 is 0 Å². The maximum atomic E-state index is 8.10. The van der Waals surface area contributed by atoms with Crippen LogP contribution in [0, 0.1) is 27.6 Å². The molecule has 0 saturated heterocycles. The van der Waals surface area contributed by atoms with Gasteiger partial charge >= 0.3 is 0 Å². The second kappa shape index (κ2) is 7.67. The lowest BCUT2D eigenvalue weighted by Gasteiger charge is -2.13. The van der Waals surface area contributed by atoms with Crippen LogP contribution in [0.25, 0.3) is 33.5 Å². The molecule has 0 amide bonds. The predicted molar refractivity (Wildman–Crippen MR) is 123 cm³/mol. The summed E-state index contributed by atoms with van der Waals surface area (Å²) in [5, 5.41) is 0. The summed E-state index contributed by atoms with van der Waals surface area (Å²) < 4.78 is 50.4. The summed E-state index contributed by atoms with van der Waals surface area (Å²) in [7, 11) is 1.93. The monoisotopic (exact) mass is 384 g/mol. The summed E-state index contributed by atoms with van der Waals surface area (Å²) in [6, 6.07) is 22.6. The maximum Gasteiger partial charge on any atom is 0.213 e. The molecule has 0 N–H and O–H groups in total. The first-order chi connectivity index (χ1) is 16.4. The molecule has 1 heterocycles. The van der Waals surface area contributed by atoms with Crippen LogP contribution in [0.2, 0.25) is 0 Å². The highest BCUT2D eigenvalue weighted by Gasteiger charge is 2.17. The average molecular weight is 385 g/mol. The molecule has 4 rings (SSSR count). The molecule has 0 radical (unpaired) electrons. The van der Waals surface area contributed by atoms with E-state index in [9.17, 15) is 0 Å². The van der Waals surface area contributed by atoms with Crippen LogP contribution in [0.3, 0.4) is 0 Å². The van der Waals surface area contributed by atoms with Crippen molar-refractivity contribution in [2.24, 2.45) is 7.05 Å². The summed E-state index contributed by atoms with van der Waals surface area (Å²) in [4.78, 5) is 0. The minimum absolute atomic E-state index is 0.312. The van der Waals surface area contributed by atoms with Gasteiger partial charge in [0.1, 0.15) is 7.05 Å². The lowest BCUT2D eigenvalue weighted by Crippen LogP contribution is -2.30. The van der Waals surface area contributed by atoms with E-state index in [0.717, 1.165) is 33.5 Å². The molecule has 1 aromatic heterocycles. The maximum absolute atomic E-state index is 8.10. The fraction of sp³-hybridized carbons (Fsp3) is 0.179. The van der Waals surface area contributed by atoms with Crippen molar-refractivity contribution in [3.05, 3.63) is 101 Å². The summed E-state index contributed by atoms with van der Waals surface area (Å²) in [5.74, 6) is 0. The van der Waals surface area contributed by atoms with Gasteiger partial charge in [0.15, 0.2) is 6.20 Å². The number of hydrogen-bond donors (Lipinski definition) is 0. The smallest absolute Gasteiger partial charge is 0.201 e. The topological polar surface area (TPSA) is 3.88 Å². The summed E-state index contributed by atoms with van der Waals surface area (Å²) in [5.41, 5.74) is 7.08. The van der Waals surface area contributed by atoms with Crippen LogP contribution in [0.15, 0.2) is 79.0 Å². The number of nitrogens with zero attached hydrogens (tertiary/aromatic N) is 1. The molecule has 4 aromatic rings. The van der Waals surface area contributed by atoms with Crippen LogP contribution in [-0.4, -0.2) is 0 Å². The molecular weight excluding hydrogens is 350 g/mol. The Balaban J connectivity index is 1.96. The third kappa shape index (κ3) is 3.73. The first kappa shape index (κ1) is 13.1. The molecule has 0 spiro atoms. The van der Waals surface area contributed by atoms with Crippen molar-refractivity contribution in [2.45, 2.75) is 27.6 Å². The molecule has 29 heavy (non-hydrogen) atoms. The van der Waals surface area contributed by atoms with Gasteiger partial charge in [-0.15, -0.1) is 0 Å². The van der Waals surface area contributed by atoms with E-state index in [1.807, 2.05) is 92.3 Å².